The van der Waals surface area contributed by atoms with Gasteiger partial charge in [-0.05, 0) is 86.5 Å². The molecule has 2 amide bonds. The zero-order valence-electron chi connectivity index (χ0n) is 26.0. The molecule has 7 N–H and O–H groups in total. The quantitative estimate of drug-likeness (QED) is 0.260. The molecule has 6 atom stereocenters. The number of nitrogens with zero attached hydrogens (tertiary/aromatic N) is 1. The number of benzene rings is 2. The fourth-order valence-corrected chi connectivity index (χ4v) is 8.47. The molecule has 4 aliphatic rings. The number of ketones is 2. The third-order valence-electron chi connectivity index (χ3n) is 10.7. The van der Waals surface area contributed by atoms with Crippen molar-refractivity contribution in [3.63, 3.8) is 0 Å². The van der Waals surface area contributed by atoms with Gasteiger partial charge in [0.1, 0.15) is 17.4 Å². The summed E-state index contributed by atoms with van der Waals surface area (Å²) in [6.07, 6.45) is 4.90. The number of anilines is 1. The summed E-state index contributed by atoms with van der Waals surface area (Å²) in [4.78, 5) is 54.0. The molecule has 1 unspecified atom stereocenters. The second-order valence-electron chi connectivity index (χ2n) is 13.6. The summed E-state index contributed by atoms with van der Waals surface area (Å²) in [5, 5.41) is 48.2. The molecule has 0 heterocycles. The van der Waals surface area contributed by atoms with Gasteiger partial charge in [-0.25, -0.2) is 0 Å². The van der Waals surface area contributed by atoms with Crippen LogP contribution in [0.4, 0.5) is 5.69 Å². The van der Waals surface area contributed by atoms with E-state index in [1.807, 2.05) is 12.1 Å². The highest BCUT2D eigenvalue weighted by molar-refractivity contribution is 6.25. The third kappa shape index (κ3) is 5.10. The number of fused-ring (bicyclic) bond motifs is 3. The van der Waals surface area contributed by atoms with Crippen molar-refractivity contribution >= 4 is 34.8 Å². The molecular weight excluding hydrogens is 590 g/mol. The van der Waals surface area contributed by atoms with E-state index in [1.54, 1.807) is 37.2 Å². The Labute approximate surface area is 267 Å². The number of hydrogen-bond donors (Lipinski definition) is 6. The van der Waals surface area contributed by atoms with Gasteiger partial charge in [-0.3, -0.25) is 19.2 Å². The van der Waals surface area contributed by atoms with Crippen molar-refractivity contribution in [3.05, 3.63) is 53.1 Å². The first-order chi connectivity index (χ1) is 21.8. The van der Waals surface area contributed by atoms with Crippen LogP contribution in [-0.2, 0) is 25.6 Å². The molecule has 0 saturated heterocycles. The van der Waals surface area contributed by atoms with E-state index in [-0.39, 0.29) is 35.6 Å². The summed E-state index contributed by atoms with van der Waals surface area (Å²) < 4.78 is 0. The number of primary amides is 1. The number of amides is 2. The van der Waals surface area contributed by atoms with Gasteiger partial charge in [-0.1, -0.05) is 37.5 Å². The highest BCUT2D eigenvalue weighted by atomic mass is 16.3. The van der Waals surface area contributed by atoms with Crippen molar-refractivity contribution in [2.24, 2.45) is 29.4 Å². The molecule has 4 aliphatic carbocycles. The number of phenols is 1. The van der Waals surface area contributed by atoms with Crippen molar-refractivity contribution in [2.75, 3.05) is 19.4 Å². The molecule has 2 aromatic carbocycles. The van der Waals surface area contributed by atoms with Crippen LogP contribution >= 0.6 is 0 Å². The van der Waals surface area contributed by atoms with Crippen LogP contribution in [0.3, 0.4) is 0 Å². The summed E-state index contributed by atoms with van der Waals surface area (Å²) in [5.41, 5.74) is 5.28. The van der Waals surface area contributed by atoms with Crippen LogP contribution in [0.15, 0.2) is 42.0 Å². The first-order valence-corrected chi connectivity index (χ1v) is 16.0. The van der Waals surface area contributed by atoms with Gasteiger partial charge in [0, 0.05) is 29.6 Å². The normalized spacial score (nSPS) is 29.6. The number of aromatic hydroxyl groups is 1. The fourth-order valence-electron chi connectivity index (χ4n) is 8.47. The lowest BCUT2D eigenvalue weighted by Crippen LogP contribution is -2.73. The van der Waals surface area contributed by atoms with Gasteiger partial charge in [-0.2, -0.15) is 0 Å². The average Bonchev–Trinajstić information content (AvgIpc) is 3.00. The number of carbonyl (C=O) groups excluding carboxylic acids is 4. The van der Waals surface area contributed by atoms with E-state index in [0.717, 1.165) is 18.4 Å². The number of aliphatic hydroxyl groups is 3. The Hall–Kier alpha value is -4.06. The molecule has 2 aromatic rings. The zero-order valence-corrected chi connectivity index (χ0v) is 26.0. The Kier molecular flexibility index (Phi) is 8.28. The second-order valence-corrected chi connectivity index (χ2v) is 13.6. The molecule has 244 valence electrons. The standard InChI is InChI=1S/C35H41N3O8/c1-38(2)29-23-16-19-15-22-21(18-8-10-20(11-9-18)37-25(40)14-17-6-4-3-5-7-17)12-13-24(39)27(22)30(41)26(19)32(43)35(23,46)33(44)28(31(29)42)34(36)45/h8-13,17,19,23,28-29,31,39,41-42,46H,3-7,14-16H2,1-2H3,(H2,36,45)(H,37,40)/t19-,23-,28+,29-,31?,35-/m0/s1. The van der Waals surface area contributed by atoms with Gasteiger partial charge in [0.15, 0.2) is 11.4 Å². The Bertz CT molecular complexity index is 1630. The van der Waals surface area contributed by atoms with Crippen LogP contribution in [0.2, 0.25) is 0 Å². The van der Waals surface area contributed by atoms with Gasteiger partial charge < -0.3 is 36.4 Å². The summed E-state index contributed by atoms with van der Waals surface area (Å²) in [7, 11) is 3.23. The molecule has 0 aromatic heterocycles. The summed E-state index contributed by atoms with van der Waals surface area (Å²) in [5.74, 6) is -7.37. The number of nitrogens with two attached hydrogens (primary N) is 1. The van der Waals surface area contributed by atoms with Crippen LogP contribution in [0.1, 0.15) is 56.1 Å². The predicted molar refractivity (Wildman–Crippen MR) is 169 cm³/mol. The number of aliphatic hydroxyl groups excluding tert-OH is 2. The average molecular weight is 632 g/mol. The van der Waals surface area contributed by atoms with Crippen LogP contribution in [0, 0.1) is 23.7 Å². The van der Waals surface area contributed by atoms with E-state index in [0.29, 0.717) is 29.2 Å². The smallest absolute Gasteiger partial charge is 0.230 e. The summed E-state index contributed by atoms with van der Waals surface area (Å²) in [6, 6.07) is 9.44. The fraction of sp³-hybridized carbons (Fsp3) is 0.486. The number of carbonyl (C=O) groups is 4. The maximum atomic E-state index is 14.0. The Balaban J connectivity index is 1.34. The SMILES string of the molecule is CN(C)[C@@H]1C(O)[C@@H](C(N)=O)C(=O)[C@@]2(O)C(=O)C3=C(O)c4c(O)ccc(-c5ccc(NC(=O)CC6CCCCC6)cc5)c4C[C@H]3C[C@@H]12. The van der Waals surface area contributed by atoms with E-state index in [9.17, 15) is 39.6 Å². The maximum absolute atomic E-state index is 14.0. The minimum Gasteiger partial charge on any atom is -0.507 e. The number of likely N-dealkylation sites (N-methyl/N-ethyl adjacent to an activating group) is 1. The van der Waals surface area contributed by atoms with Crippen LogP contribution in [-0.4, -0.2) is 80.5 Å². The molecular formula is C35H41N3O8. The number of Topliss-reactive ketones (excluding diaryl/α,β-unsaturated/α-hetero) is 2. The van der Waals surface area contributed by atoms with E-state index in [2.05, 4.69) is 5.32 Å². The van der Waals surface area contributed by atoms with Gasteiger partial charge in [-0.15, -0.1) is 0 Å². The molecule has 0 bridgehead atoms. The highest BCUT2D eigenvalue weighted by Gasteiger charge is 2.67. The largest absolute Gasteiger partial charge is 0.507 e. The monoisotopic (exact) mass is 631 g/mol. The first-order valence-electron chi connectivity index (χ1n) is 16.0. The predicted octanol–water partition coefficient (Wildman–Crippen LogP) is 2.70. The Morgan fingerprint density at radius 3 is 2.33 bits per heavy atom. The molecule has 6 rings (SSSR count). The number of hydrogen-bond acceptors (Lipinski definition) is 9. The van der Waals surface area contributed by atoms with Crippen molar-refractivity contribution in [3.8, 4) is 16.9 Å². The molecule has 11 heteroatoms. The van der Waals surface area contributed by atoms with Crippen LogP contribution in [0.25, 0.3) is 16.9 Å². The molecule has 0 spiro atoms. The van der Waals surface area contributed by atoms with E-state index < -0.39 is 58.7 Å². The van der Waals surface area contributed by atoms with Gasteiger partial charge in [0.25, 0.3) is 0 Å². The van der Waals surface area contributed by atoms with Gasteiger partial charge in [0.2, 0.25) is 17.6 Å². The lowest BCUT2D eigenvalue weighted by atomic mass is 9.54. The lowest BCUT2D eigenvalue weighted by Gasteiger charge is -2.53. The first kappa shape index (κ1) is 31.9. The molecule has 0 radical (unpaired) electrons. The molecule has 3 fully saturated rings. The van der Waals surface area contributed by atoms with E-state index >= 15 is 0 Å². The molecule has 11 nitrogen and oxygen atoms in total. The summed E-state index contributed by atoms with van der Waals surface area (Å²) in [6.45, 7) is 0. The van der Waals surface area contributed by atoms with E-state index in [4.69, 9.17) is 5.73 Å². The molecule has 3 saturated carbocycles. The second kappa shape index (κ2) is 11.9. The van der Waals surface area contributed by atoms with Crippen molar-refractivity contribution in [2.45, 2.75) is 69.1 Å². The number of phenolic OH excluding ortho intramolecular Hbond substituents is 1. The third-order valence-corrected chi connectivity index (χ3v) is 10.7. The Morgan fingerprint density at radius 1 is 1.02 bits per heavy atom. The van der Waals surface area contributed by atoms with Crippen molar-refractivity contribution in [1.29, 1.82) is 0 Å². The number of nitrogens with one attached hydrogen (secondary N) is 1. The lowest BCUT2D eigenvalue weighted by molar-refractivity contribution is -0.184. The maximum Gasteiger partial charge on any atom is 0.230 e. The van der Waals surface area contributed by atoms with Gasteiger partial charge in [0.05, 0.1) is 11.7 Å². The van der Waals surface area contributed by atoms with Crippen molar-refractivity contribution in [1.82, 2.24) is 4.90 Å². The minimum absolute atomic E-state index is 0.0179. The summed E-state index contributed by atoms with van der Waals surface area (Å²) >= 11 is 0. The van der Waals surface area contributed by atoms with E-state index in [1.165, 1.54) is 25.3 Å². The Morgan fingerprint density at radius 2 is 1.70 bits per heavy atom. The zero-order chi connectivity index (χ0) is 33.1. The minimum atomic E-state index is -2.70. The molecule has 46 heavy (non-hydrogen) atoms. The van der Waals surface area contributed by atoms with Gasteiger partial charge >= 0.3 is 0 Å². The van der Waals surface area contributed by atoms with Crippen LogP contribution in [0.5, 0.6) is 5.75 Å². The number of rotatable bonds is 6. The highest BCUT2D eigenvalue weighted by Crippen LogP contribution is 2.53. The molecule has 0 aliphatic heterocycles. The van der Waals surface area contributed by atoms with Crippen LogP contribution < -0.4 is 11.1 Å². The van der Waals surface area contributed by atoms with Crippen molar-refractivity contribution < 1.29 is 39.6 Å². The topological polar surface area (TPSA) is 190 Å².